The number of hydrogen-bond acceptors (Lipinski definition) is 4. The molecule has 1 aliphatic rings. The molecule has 9 heteroatoms. The van der Waals surface area contributed by atoms with Gasteiger partial charge in [-0.25, -0.2) is 18.0 Å². The molecule has 6 nitrogen and oxygen atoms in total. The zero-order chi connectivity index (χ0) is 19.1. The van der Waals surface area contributed by atoms with Crippen LogP contribution in [-0.2, 0) is 11.3 Å². The van der Waals surface area contributed by atoms with Crippen molar-refractivity contribution in [3.05, 3.63) is 48.0 Å². The molecular weight excluding hydrogens is 361 g/mol. The largest absolute Gasteiger partial charge is 0.442 e. The minimum absolute atomic E-state index is 0.342. The number of aromatic nitrogens is 3. The lowest BCUT2D eigenvalue weighted by molar-refractivity contribution is 0.125. The second-order valence-electron chi connectivity index (χ2n) is 6.38. The summed E-state index contributed by atoms with van der Waals surface area (Å²) in [7, 11) is 1.65. The van der Waals surface area contributed by atoms with Gasteiger partial charge in [0, 0.05) is 18.8 Å². The number of pyridine rings is 1. The maximum atomic E-state index is 13.5. The van der Waals surface area contributed by atoms with Crippen molar-refractivity contribution >= 4 is 17.1 Å². The van der Waals surface area contributed by atoms with Gasteiger partial charge in [-0.1, -0.05) is 6.07 Å². The van der Waals surface area contributed by atoms with Crippen molar-refractivity contribution in [1.82, 2.24) is 19.7 Å². The van der Waals surface area contributed by atoms with Gasteiger partial charge in [-0.15, -0.1) is 0 Å². The SMILES string of the molecule is CN1CC(Cn2ncc3ncc(-c4ccc(F)c(C(F)F)c4)cc32)OC1=O. The molecule has 4 rings (SSSR count). The summed E-state index contributed by atoms with van der Waals surface area (Å²) in [6, 6.07) is 5.32. The fraction of sp³-hybridized carbons (Fsp3) is 0.278. The molecular formula is C18H15F3N4O2. The number of cyclic esters (lactones) is 1. The van der Waals surface area contributed by atoms with E-state index in [2.05, 4.69) is 10.1 Å². The normalized spacial score (nSPS) is 17.1. The molecule has 0 aliphatic carbocycles. The van der Waals surface area contributed by atoms with Crippen molar-refractivity contribution in [2.45, 2.75) is 19.1 Å². The number of carbonyl (C=O) groups excluding carboxylic acids is 1. The predicted molar refractivity (Wildman–Crippen MR) is 90.8 cm³/mol. The highest BCUT2D eigenvalue weighted by molar-refractivity contribution is 5.80. The lowest BCUT2D eigenvalue weighted by Crippen LogP contribution is -2.22. The number of fused-ring (bicyclic) bond motifs is 1. The minimum atomic E-state index is -2.90. The van der Waals surface area contributed by atoms with Crippen LogP contribution in [0.2, 0.25) is 0 Å². The van der Waals surface area contributed by atoms with Gasteiger partial charge in [0.15, 0.2) is 0 Å². The van der Waals surface area contributed by atoms with Crippen LogP contribution in [0.1, 0.15) is 12.0 Å². The van der Waals surface area contributed by atoms with Crippen LogP contribution >= 0.6 is 0 Å². The van der Waals surface area contributed by atoms with Crippen molar-refractivity contribution in [3.63, 3.8) is 0 Å². The third kappa shape index (κ3) is 3.20. The molecule has 0 saturated carbocycles. The van der Waals surface area contributed by atoms with E-state index in [-0.39, 0.29) is 12.2 Å². The van der Waals surface area contributed by atoms with Gasteiger partial charge in [0.05, 0.1) is 30.4 Å². The Morgan fingerprint density at radius 2 is 2.07 bits per heavy atom. The summed E-state index contributed by atoms with van der Waals surface area (Å²) in [6.07, 6.45) is -0.525. The predicted octanol–water partition coefficient (Wildman–Crippen LogP) is 3.63. The highest BCUT2D eigenvalue weighted by atomic mass is 19.3. The summed E-state index contributed by atoms with van der Waals surface area (Å²) in [4.78, 5) is 17.3. The van der Waals surface area contributed by atoms with Gasteiger partial charge >= 0.3 is 6.09 Å². The summed E-state index contributed by atoms with van der Waals surface area (Å²) in [5, 5.41) is 4.27. The third-order valence-electron chi connectivity index (χ3n) is 4.49. The second-order valence-corrected chi connectivity index (χ2v) is 6.38. The molecule has 1 amide bonds. The van der Waals surface area contributed by atoms with Gasteiger partial charge in [-0.3, -0.25) is 9.67 Å². The third-order valence-corrected chi connectivity index (χ3v) is 4.49. The molecule has 3 aromatic rings. The number of halogens is 3. The van der Waals surface area contributed by atoms with Crippen LogP contribution in [0, 0.1) is 5.82 Å². The van der Waals surface area contributed by atoms with Crippen molar-refractivity contribution in [2.75, 3.05) is 13.6 Å². The Labute approximate surface area is 152 Å². The molecule has 1 saturated heterocycles. The summed E-state index contributed by atoms with van der Waals surface area (Å²) < 4.78 is 46.4. The Bertz CT molecular complexity index is 1020. The zero-order valence-electron chi connectivity index (χ0n) is 14.3. The number of amides is 1. The van der Waals surface area contributed by atoms with Gasteiger partial charge in [-0.2, -0.15) is 5.10 Å². The Hall–Kier alpha value is -3.10. The van der Waals surface area contributed by atoms with Gasteiger partial charge < -0.3 is 9.64 Å². The Kier molecular flexibility index (Phi) is 4.21. The van der Waals surface area contributed by atoms with Crippen molar-refractivity contribution < 1.29 is 22.7 Å². The molecule has 1 atom stereocenters. The quantitative estimate of drug-likeness (QED) is 0.698. The van der Waals surface area contributed by atoms with Crippen LogP contribution in [0.15, 0.2) is 36.7 Å². The van der Waals surface area contributed by atoms with E-state index < -0.39 is 17.8 Å². The van der Waals surface area contributed by atoms with Crippen LogP contribution in [0.25, 0.3) is 22.2 Å². The van der Waals surface area contributed by atoms with Gasteiger partial charge in [0.25, 0.3) is 6.43 Å². The van der Waals surface area contributed by atoms with E-state index in [1.54, 1.807) is 24.0 Å². The van der Waals surface area contributed by atoms with E-state index >= 15 is 0 Å². The van der Waals surface area contributed by atoms with E-state index in [0.29, 0.717) is 35.2 Å². The molecule has 1 fully saturated rings. The fourth-order valence-electron chi connectivity index (χ4n) is 3.09. The highest BCUT2D eigenvalue weighted by Crippen LogP contribution is 2.29. The molecule has 1 aliphatic heterocycles. The smallest absolute Gasteiger partial charge is 0.410 e. The molecule has 140 valence electrons. The summed E-state index contributed by atoms with van der Waals surface area (Å²) in [5.74, 6) is -0.944. The van der Waals surface area contributed by atoms with Gasteiger partial charge in [0.2, 0.25) is 0 Å². The molecule has 2 aromatic heterocycles. The summed E-state index contributed by atoms with van der Waals surface area (Å²) >= 11 is 0. The number of hydrogen-bond donors (Lipinski definition) is 0. The standard InChI is InChI=1S/C18H15F3N4O2/c1-24-8-12(27-18(24)26)9-25-16-5-11(6-22-15(16)7-23-25)10-2-3-14(19)13(4-10)17(20)21/h2-7,12,17H,8-9H2,1H3. The minimum Gasteiger partial charge on any atom is -0.442 e. The molecule has 0 radical (unpaired) electrons. The number of benzene rings is 1. The first-order valence-corrected chi connectivity index (χ1v) is 8.23. The van der Waals surface area contributed by atoms with Crippen molar-refractivity contribution in [3.8, 4) is 11.1 Å². The van der Waals surface area contributed by atoms with Gasteiger partial charge in [-0.05, 0) is 23.8 Å². The topological polar surface area (TPSA) is 60.3 Å². The zero-order valence-corrected chi connectivity index (χ0v) is 14.3. The number of likely N-dealkylation sites (N-methyl/N-ethyl adjacent to an activating group) is 1. The molecule has 27 heavy (non-hydrogen) atoms. The van der Waals surface area contributed by atoms with Crippen LogP contribution in [-0.4, -0.2) is 45.5 Å². The lowest BCUT2D eigenvalue weighted by atomic mass is 10.0. The summed E-state index contributed by atoms with van der Waals surface area (Å²) in [6.45, 7) is 0.791. The molecule has 0 N–H and O–H groups in total. The number of rotatable bonds is 4. The van der Waals surface area contributed by atoms with Crippen molar-refractivity contribution in [2.24, 2.45) is 0 Å². The molecule has 0 spiro atoms. The Morgan fingerprint density at radius 3 is 2.78 bits per heavy atom. The first kappa shape index (κ1) is 17.3. The molecule has 1 aromatic carbocycles. The monoisotopic (exact) mass is 376 g/mol. The average Bonchev–Trinajstić information content (AvgIpc) is 3.18. The highest BCUT2D eigenvalue weighted by Gasteiger charge is 2.29. The number of ether oxygens (including phenoxy) is 1. The number of carbonyl (C=O) groups is 1. The molecule has 1 unspecified atom stereocenters. The van der Waals surface area contributed by atoms with Crippen LogP contribution in [0.3, 0.4) is 0 Å². The van der Waals surface area contributed by atoms with E-state index in [0.717, 1.165) is 12.1 Å². The average molecular weight is 376 g/mol. The van der Waals surface area contributed by atoms with Crippen LogP contribution in [0.4, 0.5) is 18.0 Å². The maximum Gasteiger partial charge on any atom is 0.410 e. The van der Waals surface area contributed by atoms with E-state index in [1.807, 2.05) is 0 Å². The van der Waals surface area contributed by atoms with Gasteiger partial charge in [0.1, 0.15) is 17.4 Å². The number of nitrogens with zero attached hydrogens (tertiary/aromatic N) is 4. The van der Waals surface area contributed by atoms with Crippen molar-refractivity contribution in [1.29, 1.82) is 0 Å². The fourth-order valence-corrected chi connectivity index (χ4v) is 3.09. The van der Waals surface area contributed by atoms with E-state index in [9.17, 15) is 18.0 Å². The Morgan fingerprint density at radius 1 is 1.26 bits per heavy atom. The summed E-state index contributed by atoms with van der Waals surface area (Å²) in [5.41, 5.74) is 1.63. The van der Waals surface area contributed by atoms with E-state index in [4.69, 9.17) is 4.74 Å². The van der Waals surface area contributed by atoms with Crippen LogP contribution in [0.5, 0.6) is 0 Å². The molecule has 3 heterocycles. The van der Waals surface area contributed by atoms with E-state index in [1.165, 1.54) is 17.2 Å². The lowest BCUT2D eigenvalue weighted by Gasteiger charge is -2.10. The second kappa shape index (κ2) is 6.57. The first-order chi connectivity index (χ1) is 12.9. The van der Waals surface area contributed by atoms with Crippen LogP contribution < -0.4 is 0 Å². The number of alkyl halides is 2. The maximum absolute atomic E-state index is 13.5. The first-order valence-electron chi connectivity index (χ1n) is 8.23. The molecule has 0 bridgehead atoms. The Balaban J connectivity index is 1.68.